The van der Waals surface area contributed by atoms with Crippen LogP contribution in [-0.4, -0.2) is 24.5 Å². The lowest BCUT2D eigenvalue weighted by atomic mass is 9.97. The van der Waals surface area contributed by atoms with E-state index in [1.165, 1.54) is 32.4 Å². The lowest BCUT2D eigenvalue weighted by Crippen LogP contribution is -2.38. The molecule has 1 aromatic rings. The van der Waals surface area contributed by atoms with Crippen LogP contribution in [0.2, 0.25) is 0 Å². The molecule has 0 fully saturated rings. The number of rotatable bonds is 5. The monoisotopic (exact) mass is 252 g/mol. The average Bonchev–Trinajstić information content (AvgIpc) is 2.80. The fraction of sp³-hybridized carbons (Fsp3) is 0.714. The normalized spacial score (nSPS) is 22.4. The highest BCUT2D eigenvalue weighted by Crippen LogP contribution is 2.33. The van der Waals surface area contributed by atoms with E-state index in [0.717, 1.165) is 6.54 Å². The summed E-state index contributed by atoms with van der Waals surface area (Å²) in [4.78, 5) is 4.20. The molecular weight excluding hydrogens is 228 g/mol. The molecule has 0 bridgehead atoms. The van der Waals surface area contributed by atoms with E-state index < -0.39 is 0 Å². The van der Waals surface area contributed by atoms with E-state index in [2.05, 4.69) is 30.2 Å². The van der Waals surface area contributed by atoms with E-state index in [-0.39, 0.29) is 0 Å². The fourth-order valence-corrected chi connectivity index (χ4v) is 3.80. The molecule has 0 amide bonds. The summed E-state index contributed by atoms with van der Waals surface area (Å²) in [7, 11) is 0. The van der Waals surface area contributed by atoms with Crippen molar-refractivity contribution in [2.75, 3.05) is 19.6 Å². The second-order valence-corrected chi connectivity index (χ2v) is 6.11. The molecule has 1 aliphatic heterocycles. The van der Waals surface area contributed by atoms with Gasteiger partial charge in [0.05, 0.1) is 0 Å². The van der Waals surface area contributed by atoms with Gasteiger partial charge in [0.2, 0.25) is 0 Å². The molecule has 2 N–H and O–H groups in total. The number of thiophene rings is 1. The Bertz CT molecular complexity index is 348. The van der Waals surface area contributed by atoms with Crippen molar-refractivity contribution in [1.82, 2.24) is 4.90 Å². The van der Waals surface area contributed by atoms with Gasteiger partial charge in [0.1, 0.15) is 0 Å². The highest BCUT2D eigenvalue weighted by molar-refractivity contribution is 7.10. The summed E-state index contributed by atoms with van der Waals surface area (Å²) in [6, 6.07) is 2.88. The minimum Gasteiger partial charge on any atom is -0.330 e. The van der Waals surface area contributed by atoms with Crippen LogP contribution in [0.1, 0.15) is 43.2 Å². The Balaban J connectivity index is 1.99. The third-order valence-electron chi connectivity index (χ3n) is 3.93. The summed E-state index contributed by atoms with van der Waals surface area (Å²) in [5.74, 6) is 0.669. The molecule has 0 aliphatic carbocycles. The zero-order valence-electron chi connectivity index (χ0n) is 11.0. The van der Waals surface area contributed by atoms with Gasteiger partial charge in [-0.15, -0.1) is 11.3 Å². The van der Waals surface area contributed by atoms with Gasteiger partial charge in [0.25, 0.3) is 0 Å². The average molecular weight is 252 g/mol. The van der Waals surface area contributed by atoms with Crippen molar-refractivity contribution in [1.29, 1.82) is 0 Å². The zero-order valence-corrected chi connectivity index (χ0v) is 11.8. The molecule has 0 saturated heterocycles. The Hall–Kier alpha value is -0.380. The molecule has 2 atom stereocenters. The smallest absolute Gasteiger partial charge is 0.0331 e. The second-order valence-electron chi connectivity index (χ2n) is 5.11. The van der Waals surface area contributed by atoms with E-state index >= 15 is 0 Å². The van der Waals surface area contributed by atoms with Gasteiger partial charge < -0.3 is 5.73 Å². The highest BCUT2D eigenvalue weighted by atomic mass is 32.1. The molecule has 1 aromatic heterocycles. The third-order valence-corrected chi connectivity index (χ3v) is 4.92. The molecule has 0 aromatic carbocycles. The van der Waals surface area contributed by atoms with Gasteiger partial charge in [-0.05, 0) is 49.2 Å². The summed E-state index contributed by atoms with van der Waals surface area (Å²) >= 11 is 1.91. The molecule has 0 saturated carbocycles. The van der Waals surface area contributed by atoms with E-state index in [9.17, 15) is 0 Å². The molecular formula is C14H24N2S. The molecule has 0 spiro atoms. The number of hydrogen-bond acceptors (Lipinski definition) is 3. The summed E-state index contributed by atoms with van der Waals surface area (Å²) in [6.45, 7) is 7.78. The van der Waals surface area contributed by atoms with E-state index in [1.54, 1.807) is 10.4 Å². The maximum Gasteiger partial charge on any atom is 0.0331 e. The van der Waals surface area contributed by atoms with Crippen molar-refractivity contribution in [3.8, 4) is 0 Å². The van der Waals surface area contributed by atoms with Crippen LogP contribution < -0.4 is 5.73 Å². The minimum atomic E-state index is 0.580. The lowest BCUT2D eigenvalue weighted by Gasteiger charge is -2.35. The van der Waals surface area contributed by atoms with Crippen LogP contribution in [0.3, 0.4) is 0 Å². The van der Waals surface area contributed by atoms with Crippen LogP contribution in [0.5, 0.6) is 0 Å². The number of nitrogens with zero attached hydrogens (tertiary/aromatic N) is 1. The molecule has 17 heavy (non-hydrogen) atoms. The van der Waals surface area contributed by atoms with Crippen molar-refractivity contribution < 1.29 is 0 Å². The standard InChI is InChI=1S/C14H24N2S/c1-3-4-12(9-15)10-16-7-5-14-13(11(16)2)6-8-17-14/h6,8,11-12H,3-5,7,9-10,15H2,1-2H3. The predicted octanol–water partition coefficient (Wildman–Crippen LogP) is 3.04. The molecule has 1 aliphatic rings. The summed E-state index contributed by atoms with van der Waals surface area (Å²) < 4.78 is 0. The molecule has 2 heterocycles. The van der Waals surface area contributed by atoms with Crippen LogP contribution in [-0.2, 0) is 6.42 Å². The first-order chi connectivity index (χ1) is 8.26. The quantitative estimate of drug-likeness (QED) is 0.873. The number of hydrogen-bond donors (Lipinski definition) is 1. The maximum atomic E-state index is 5.87. The van der Waals surface area contributed by atoms with Gasteiger partial charge in [-0.3, -0.25) is 4.90 Å². The largest absolute Gasteiger partial charge is 0.330 e. The van der Waals surface area contributed by atoms with Crippen molar-refractivity contribution >= 4 is 11.3 Å². The van der Waals surface area contributed by atoms with Gasteiger partial charge in [0, 0.05) is 24.0 Å². The third kappa shape index (κ3) is 2.90. The minimum absolute atomic E-state index is 0.580. The van der Waals surface area contributed by atoms with E-state index in [1.807, 2.05) is 11.3 Å². The second kappa shape index (κ2) is 5.98. The molecule has 2 rings (SSSR count). The van der Waals surface area contributed by atoms with Crippen molar-refractivity contribution in [3.63, 3.8) is 0 Å². The van der Waals surface area contributed by atoms with Crippen molar-refractivity contribution in [3.05, 3.63) is 21.9 Å². The van der Waals surface area contributed by atoms with Gasteiger partial charge in [-0.2, -0.15) is 0 Å². The first-order valence-electron chi connectivity index (χ1n) is 6.76. The zero-order chi connectivity index (χ0) is 12.3. The highest BCUT2D eigenvalue weighted by Gasteiger charge is 2.25. The Kier molecular flexibility index (Phi) is 4.60. The van der Waals surface area contributed by atoms with E-state index in [4.69, 9.17) is 5.73 Å². The predicted molar refractivity (Wildman–Crippen MR) is 75.5 cm³/mol. The first-order valence-corrected chi connectivity index (χ1v) is 7.64. The summed E-state index contributed by atoms with van der Waals surface area (Å²) in [5.41, 5.74) is 7.42. The fourth-order valence-electron chi connectivity index (χ4n) is 2.83. The first kappa shape index (κ1) is 13.1. The molecule has 2 unspecified atom stereocenters. The Morgan fingerprint density at radius 3 is 3.12 bits per heavy atom. The summed E-state index contributed by atoms with van der Waals surface area (Å²) in [6.07, 6.45) is 3.73. The van der Waals surface area contributed by atoms with Crippen LogP contribution in [0.15, 0.2) is 11.4 Å². The Morgan fingerprint density at radius 1 is 1.59 bits per heavy atom. The maximum absolute atomic E-state index is 5.87. The number of fused-ring (bicyclic) bond motifs is 1. The molecule has 96 valence electrons. The van der Waals surface area contributed by atoms with Gasteiger partial charge in [0.15, 0.2) is 0 Å². The van der Waals surface area contributed by atoms with Crippen LogP contribution in [0.25, 0.3) is 0 Å². The van der Waals surface area contributed by atoms with Crippen LogP contribution >= 0.6 is 11.3 Å². The van der Waals surface area contributed by atoms with Crippen LogP contribution in [0, 0.1) is 5.92 Å². The summed E-state index contributed by atoms with van der Waals surface area (Å²) in [5, 5.41) is 2.23. The molecule has 0 radical (unpaired) electrons. The van der Waals surface area contributed by atoms with Crippen LogP contribution in [0.4, 0.5) is 0 Å². The molecule has 3 heteroatoms. The van der Waals surface area contributed by atoms with Crippen molar-refractivity contribution in [2.24, 2.45) is 11.7 Å². The topological polar surface area (TPSA) is 29.3 Å². The van der Waals surface area contributed by atoms with Gasteiger partial charge in [-0.1, -0.05) is 13.3 Å². The van der Waals surface area contributed by atoms with Crippen molar-refractivity contribution in [2.45, 2.75) is 39.2 Å². The Morgan fingerprint density at radius 2 is 2.41 bits per heavy atom. The SMILES string of the molecule is CCCC(CN)CN1CCc2sccc2C1C. The van der Waals surface area contributed by atoms with Gasteiger partial charge >= 0.3 is 0 Å². The Labute approximate surface area is 109 Å². The number of nitrogens with two attached hydrogens (primary N) is 1. The molecule has 2 nitrogen and oxygen atoms in total. The van der Waals surface area contributed by atoms with E-state index in [0.29, 0.717) is 12.0 Å². The lowest BCUT2D eigenvalue weighted by molar-refractivity contribution is 0.166. The van der Waals surface area contributed by atoms with Gasteiger partial charge in [-0.25, -0.2) is 0 Å².